The summed E-state index contributed by atoms with van der Waals surface area (Å²) in [6.07, 6.45) is 1.80. The largest absolute Gasteiger partial charge is 0.388 e. The van der Waals surface area contributed by atoms with Crippen LogP contribution in [0.15, 0.2) is 23.4 Å². The lowest BCUT2D eigenvalue weighted by molar-refractivity contribution is 0.173. The number of allylic oxidation sites excluding steroid dienone is 1. The second-order valence-corrected chi connectivity index (χ2v) is 10.5. The molecule has 1 nitrogen and oxygen atoms in total. The first-order valence-electron chi connectivity index (χ1n) is 5.18. The van der Waals surface area contributed by atoms with Gasteiger partial charge in [-0.05, 0) is 13.8 Å². The maximum absolute atomic E-state index is 9.78. The number of aliphatic hydroxyl groups is 1. The lowest BCUT2D eigenvalue weighted by atomic mass is 9.99. The monoisotopic (exact) mass is 212 g/mol. The van der Waals surface area contributed by atoms with Crippen LogP contribution in [0, 0.1) is 5.92 Å². The van der Waals surface area contributed by atoms with Crippen molar-refractivity contribution >= 4 is 8.07 Å². The summed E-state index contributed by atoms with van der Waals surface area (Å²) in [7, 11) is -1.18. The van der Waals surface area contributed by atoms with Gasteiger partial charge in [0.25, 0.3) is 0 Å². The van der Waals surface area contributed by atoms with E-state index in [-0.39, 0.29) is 5.92 Å². The zero-order valence-electron chi connectivity index (χ0n) is 10.4. The summed E-state index contributed by atoms with van der Waals surface area (Å²) in [5.74, 6) is 0.180. The summed E-state index contributed by atoms with van der Waals surface area (Å²) in [4.78, 5) is 0. The quantitative estimate of drug-likeness (QED) is 0.559. The summed E-state index contributed by atoms with van der Waals surface area (Å²) < 4.78 is 0. The highest BCUT2D eigenvalue weighted by atomic mass is 28.3. The van der Waals surface area contributed by atoms with Crippen LogP contribution in [-0.2, 0) is 0 Å². The normalized spacial score (nSPS) is 17.8. The van der Waals surface area contributed by atoms with Gasteiger partial charge in [0.15, 0.2) is 0 Å². The van der Waals surface area contributed by atoms with Crippen molar-refractivity contribution in [1.82, 2.24) is 0 Å². The van der Waals surface area contributed by atoms with Gasteiger partial charge in [-0.15, -0.1) is 0 Å². The van der Waals surface area contributed by atoms with Gasteiger partial charge in [0.1, 0.15) is 0 Å². The second kappa shape index (κ2) is 4.94. The van der Waals surface area contributed by atoms with Crippen LogP contribution < -0.4 is 0 Å². The predicted octanol–water partition coefficient (Wildman–Crippen LogP) is 3.38. The molecule has 0 aliphatic rings. The molecule has 0 aromatic rings. The van der Waals surface area contributed by atoms with Crippen molar-refractivity contribution in [3.05, 3.63) is 23.4 Å². The van der Waals surface area contributed by atoms with Crippen LogP contribution in [-0.4, -0.2) is 19.3 Å². The molecule has 0 aromatic heterocycles. The molecule has 0 aromatic carbocycles. The van der Waals surface area contributed by atoms with E-state index in [4.69, 9.17) is 0 Å². The third-order valence-corrected chi connectivity index (χ3v) is 5.23. The first-order valence-corrected chi connectivity index (χ1v) is 8.68. The Morgan fingerprint density at radius 2 is 1.71 bits per heavy atom. The smallest absolute Gasteiger partial charge is 0.0804 e. The molecule has 0 heterocycles. The van der Waals surface area contributed by atoms with Crippen molar-refractivity contribution in [3.8, 4) is 0 Å². The molecule has 0 spiro atoms. The molecular formula is C12H24OSi. The van der Waals surface area contributed by atoms with E-state index in [1.807, 2.05) is 13.8 Å². The Bertz CT molecular complexity index is 235. The van der Waals surface area contributed by atoms with E-state index < -0.39 is 14.2 Å². The summed E-state index contributed by atoms with van der Waals surface area (Å²) in [5, 5.41) is 11.2. The molecule has 0 unspecified atom stereocenters. The van der Waals surface area contributed by atoms with Crippen molar-refractivity contribution < 1.29 is 5.11 Å². The third kappa shape index (κ3) is 4.25. The molecule has 82 valence electrons. The highest BCUT2D eigenvalue weighted by Gasteiger charge is 2.18. The Morgan fingerprint density at radius 3 is 2.00 bits per heavy atom. The van der Waals surface area contributed by atoms with Gasteiger partial charge in [-0.25, -0.2) is 0 Å². The van der Waals surface area contributed by atoms with Gasteiger partial charge in [0.2, 0.25) is 0 Å². The van der Waals surface area contributed by atoms with Gasteiger partial charge in [-0.1, -0.05) is 50.0 Å². The van der Waals surface area contributed by atoms with Crippen molar-refractivity contribution in [2.75, 3.05) is 0 Å². The van der Waals surface area contributed by atoms with Crippen molar-refractivity contribution in [2.45, 2.75) is 46.5 Å². The Morgan fingerprint density at radius 1 is 1.29 bits per heavy atom. The SMILES string of the molecule is C=C(C)[C@H](O)[C@@H](C)/C=C(/C)[Si](C)(C)C. The van der Waals surface area contributed by atoms with Crippen LogP contribution in [0.5, 0.6) is 0 Å². The molecule has 0 amide bonds. The van der Waals surface area contributed by atoms with Crippen molar-refractivity contribution in [3.63, 3.8) is 0 Å². The maximum Gasteiger partial charge on any atom is 0.0804 e. The minimum Gasteiger partial charge on any atom is -0.388 e. The van der Waals surface area contributed by atoms with Gasteiger partial charge in [-0.2, -0.15) is 0 Å². The van der Waals surface area contributed by atoms with Crippen molar-refractivity contribution in [1.29, 1.82) is 0 Å². The second-order valence-electron chi connectivity index (χ2n) is 5.25. The number of rotatable bonds is 4. The van der Waals surface area contributed by atoms with Crippen LogP contribution in [0.2, 0.25) is 19.6 Å². The zero-order chi connectivity index (χ0) is 11.5. The Kier molecular flexibility index (Phi) is 4.82. The Balaban J connectivity index is 4.59. The highest BCUT2D eigenvalue weighted by molar-refractivity contribution is 6.82. The maximum atomic E-state index is 9.78. The van der Waals surface area contributed by atoms with Crippen molar-refractivity contribution in [2.24, 2.45) is 5.92 Å². The molecule has 14 heavy (non-hydrogen) atoms. The first-order chi connectivity index (χ1) is 6.16. The lowest BCUT2D eigenvalue weighted by Gasteiger charge is -2.21. The van der Waals surface area contributed by atoms with E-state index in [0.29, 0.717) is 0 Å². The van der Waals surface area contributed by atoms with Crippen LogP contribution in [0.3, 0.4) is 0 Å². The summed E-state index contributed by atoms with van der Waals surface area (Å²) in [6, 6.07) is 0. The Hall–Kier alpha value is -0.343. The van der Waals surface area contributed by atoms with E-state index in [1.165, 1.54) is 5.20 Å². The van der Waals surface area contributed by atoms with E-state index in [2.05, 4.69) is 39.2 Å². The molecule has 0 fully saturated rings. The summed E-state index contributed by atoms with van der Waals surface area (Å²) >= 11 is 0. The minimum absolute atomic E-state index is 0.180. The average Bonchev–Trinajstić information content (AvgIpc) is 2.00. The minimum atomic E-state index is -1.18. The van der Waals surface area contributed by atoms with E-state index in [1.54, 1.807) is 0 Å². The van der Waals surface area contributed by atoms with Crippen LogP contribution in [0.1, 0.15) is 20.8 Å². The average molecular weight is 212 g/mol. The van der Waals surface area contributed by atoms with Crippen LogP contribution in [0.25, 0.3) is 0 Å². The number of hydrogen-bond donors (Lipinski definition) is 1. The van der Waals surface area contributed by atoms with E-state index >= 15 is 0 Å². The molecule has 0 aliphatic carbocycles. The topological polar surface area (TPSA) is 20.2 Å². The van der Waals surface area contributed by atoms with Gasteiger partial charge in [-0.3, -0.25) is 0 Å². The summed E-state index contributed by atoms with van der Waals surface area (Å²) in [6.45, 7) is 16.8. The van der Waals surface area contributed by atoms with Gasteiger partial charge in [0, 0.05) is 5.92 Å². The van der Waals surface area contributed by atoms with Gasteiger partial charge in [0.05, 0.1) is 14.2 Å². The van der Waals surface area contributed by atoms with Crippen LogP contribution >= 0.6 is 0 Å². The molecular weight excluding hydrogens is 188 g/mol. The first kappa shape index (κ1) is 13.7. The molecule has 0 rings (SSSR count). The van der Waals surface area contributed by atoms with E-state index in [0.717, 1.165) is 5.57 Å². The standard InChI is InChI=1S/C12H24OSi/c1-9(2)12(13)10(3)8-11(4)14(5,6)7/h8,10,12-13H,1H2,2-7H3/b11-8-/t10-,12-/m0/s1. The molecule has 0 saturated heterocycles. The molecule has 0 saturated carbocycles. The fourth-order valence-corrected chi connectivity index (χ4v) is 1.95. The predicted molar refractivity (Wildman–Crippen MR) is 67.1 cm³/mol. The van der Waals surface area contributed by atoms with Gasteiger partial charge < -0.3 is 5.11 Å². The molecule has 0 aliphatic heterocycles. The summed E-state index contributed by atoms with van der Waals surface area (Å²) in [5.41, 5.74) is 0.845. The molecule has 2 heteroatoms. The number of aliphatic hydroxyl groups excluding tert-OH is 1. The zero-order valence-corrected chi connectivity index (χ0v) is 11.4. The number of hydrogen-bond acceptors (Lipinski definition) is 1. The molecule has 1 N–H and O–H groups in total. The Labute approximate surface area is 89.5 Å². The molecule has 0 bridgehead atoms. The molecule has 2 atom stereocenters. The third-order valence-electron chi connectivity index (χ3n) is 2.70. The van der Waals surface area contributed by atoms with Gasteiger partial charge >= 0.3 is 0 Å². The fraction of sp³-hybridized carbons (Fsp3) is 0.667. The lowest BCUT2D eigenvalue weighted by Crippen LogP contribution is -2.25. The molecule has 0 radical (unpaired) electrons. The van der Waals surface area contributed by atoms with E-state index in [9.17, 15) is 5.11 Å². The fourth-order valence-electron chi connectivity index (χ4n) is 1.18. The van der Waals surface area contributed by atoms with Crippen LogP contribution in [0.4, 0.5) is 0 Å². The highest BCUT2D eigenvalue weighted by Crippen LogP contribution is 2.19.